The molecule has 0 aliphatic rings. The van der Waals surface area contributed by atoms with Crippen molar-refractivity contribution in [2.45, 2.75) is 17.0 Å². The Labute approximate surface area is 126 Å². The Balaban J connectivity index is 2.14. The van der Waals surface area contributed by atoms with Gasteiger partial charge < -0.3 is 5.11 Å². The maximum absolute atomic E-state index is 13.3. The molecule has 1 heterocycles. The fourth-order valence-electron chi connectivity index (χ4n) is 1.60. The van der Waals surface area contributed by atoms with Gasteiger partial charge >= 0.3 is 5.97 Å². The molecule has 110 valence electrons. The summed E-state index contributed by atoms with van der Waals surface area (Å²) in [4.78, 5) is 25.2. The summed E-state index contributed by atoms with van der Waals surface area (Å²) in [6.07, 6.45) is 0. The molecule has 0 atom stereocenters. The van der Waals surface area contributed by atoms with Crippen LogP contribution in [0.2, 0.25) is 0 Å². The number of carbonyl (C=O) groups is 1. The average Bonchev–Trinajstić information content (AvgIpc) is 2.77. The molecule has 0 amide bonds. The van der Waals surface area contributed by atoms with E-state index in [1.807, 2.05) is 0 Å². The Bertz CT molecular complexity index is 717. The van der Waals surface area contributed by atoms with E-state index in [0.29, 0.717) is 15.6 Å². The number of nitro benzene ring substituents is 1. The molecule has 0 saturated carbocycles. The molecule has 0 saturated heterocycles. The molecule has 2 rings (SSSR count). The summed E-state index contributed by atoms with van der Waals surface area (Å²) in [7, 11) is 0. The molecule has 9 heteroatoms. The summed E-state index contributed by atoms with van der Waals surface area (Å²) < 4.78 is 13.8. The first-order valence-corrected chi connectivity index (χ1v) is 7.44. The third kappa shape index (κ3) is 3.76. The lowest BCUT2D eigenvalue weighted by molar-refractivity contribution is -0.385. The lowest BCUT2D eigenvalue weighted by Crippen LogP contribution is -1.94. The van der Waals surface area contributed by atoms with Gasteiger partial charge in [0.15, 0.2) is 4.34 Å². The Morgan fingerprint density at radius 3 is 2.81 bits per heavy atom. The Morgan fingerprint density at radius 2 is 2.24 bits per heavy atom. The van der Waals surface area contributed by atoms with E-state index in [1.54, 1.807) is 6.92 Å². The number of nitrogens with zero attached hydrogens (tertiary/aromatic N) is 2. The molecular formula is C12H9FN2O4S2. The van der Waals surface area contributed by atoms with Gasteiger partial charge in [0.2, 0.25) is 0 Å². The number of thiazole rings is 1. The number of carboxylic acid groups (broad SMARTS) is 1. The van der Waals surface area contributed by atoms with Gasteiger partial charge in [-0.25, -0.2) is 14.2 Å². The minimum Gasteiger partial charge on any atom is -0.477 e. The zero-order valence-corrected chi connectivity index (χ0v) is 12.3. The van der Waals surface area contributed by atoms with Crippen molar-refractivity contribution in [2.24, 2.45) is 0 Å². The van der Waals surface area contributed by atoms with Gasteiger partial charge in [-0.3, -0.25) is 10.1 Å². The predicted octanol–water partition coefficient (Wildman–Crippen LogP) is 3.49. The second-order valence-corrected chi connectivity index (χ2v) is 6.28. The maximum Gasteiger partial charge on any atom is 0.347 e. The second-order valence-electron chi connectivity index (χ2n) is 4.06. The number of hydrogen-bond donors (Lipinski definition) is 1. The van der Waals surface area contributed by atoms with Crippen LogP contribution in [0.15, 0.2) is 22.5 Å². The molecule has 0 aliphatic carbocycles. The smallest absolute Gasteiger partial charge is 0.347 e. The highest BCUT2D eigenvalue weighted by Crippen LogP contribution is 2.30. The summed E-state index contributed by atoms with van der Waals surface area (Å²) in [6.45, 7) is 1.59. The first-order valence-electron chi connectivity index (χ1n) is 5.64. The topological polar surface area (TPSA) is 93.3 Å². The van der Waals surface area contributed by atoms with Gasteiger partial charge in [-0.05, 0) is 18.6 Å². The van der Waals surface area contributed by atoms with E-state index in [4.69, 9.17) is 5.11 Å². The molecule has 0 unspecified atom stereocenters. The van der Waals surface area contributed by atoms with Crippen molar-refractivity contribution in [1.82, 2.24) is 4.98 Å². The fourth-order valence-corrected chi connectivity index (χ4v) is 3.56. The SMILES string of the molecule is Cc1nc(SCc2cc(F)cc([N+](=O)[O-])c2)sc1C(=O)O. The molecule has 21 heavy (non-hydrogen) atoms. The first-order chi connectivity index (χ1) is 9.86. The highest BCUT2D eigenvalue weighted by atomic mass is 32.2. The highest BCUT2D eigenvalue weighted by Gasteiger charge is 2.15. The highest BCUT2D eigenvalue weighted by molar-refractivity contribution is 8.00. The van der Waals surface area contributed by atoms with Crippen molar-refractivity contribution >= 4 is 34.8 Å². The van der Waals surface area contributed by atoms with Gasteiger partial charge in [-0.15, -0.1) is 11.3 Å². The quantitative estimate of drug-likeness (QED) is 0.513. The van der Waals surface area contributed by atoms with E-state index in [9.17, 15) is 19.3 Å². The first kappa shape index (κ1) is 15.4. The molecule has 6 nitrogen and oxygen atoms in total. The number of carboxylic acids is 1. The lowest BCUT2D eigenvalue weighted by Gasteiger charge is -2.00. The van der Waals surface area contributed by atoms with Crippen LogP contribution in [0.3, 0.4) is 0 Å². The summed E-state index contributed by atoms with van der Waals surface area (Å²) >= 11 is 2.24. The zero-order valence-electron chi connectivity index (χ0n) is 10.7. The molecule has 1 aromatic heterocycles. The van der Waals surface area contributed by atoms with E-state index >= 15 is 0 Å². The van der Waals surface area contributed by atoms with Crippen LogP contribution in [0, 0.1) is 22.9 Å². The van der Waals surface area contributed by atoms with E-state index in [-0.39, 0.29) is 16.3 Å². The van der Waals surface area contributed by atoms with Crippen LogP contribution in [0.4, 0.5) is 10.1 Å². The summed E-state index contributed by atoms with van der Waals surface area (Å²) in [6, 6.07) is 3.34. The van der Waals surface area contributed by atoms with Gasteiger partial charge in [0.25, 0.3) is 5.69 Å². The minimum absolute atomic E-state index is 0.155. The largest absolute Gasteiger partial charge is 0.477 e. The monoisotopic (exact) mass is 328 g/mol. The number of aryl methyl sites for hydroxylation is 1. The number of rotatable bonds is 5. The van der Waals surface area contributed by atoms with Crippen molar-refractivity contribution in [1.29, 1.82) is 0 Å². The summed E-state index contributed by atoms with van der Waals surface area (Å²) in [5.41, 5.74) is 0.545. The zero-order chi connectivity index (χ0) is 15.6. The fraction of sp³-hybridized carbons (Fsp3) is 0.167. The third-order valence-electron chi connectivity index (χ3n) is 2.49. The third-order valence-corrected chi connectivity index (χ3v) is 4.85. The van der Waals surface area contributed by atoms with Crippen molar-refractivity contribution in [3.05, 3.63) is 50.3 Å². The van der Waals surface area contributed by atoms with Gasteiger partial charge in [-0.2, -0.15) is 0 Å². The van der Waals surface area contributed by atoms with Crippen molar-refractivity contribution in [3.8, 4) is 0 Å². The average molecular weight is 328 g/mol. The molecule has 1 N–H and O–H groups in total. The Kier molecular flexibility index (Phi) is 4.53. The predicted molar refractivity (Wildman–Crippen MR) is 76.4 cm³/mol. The van der Waals surface area contributed by atoms with Crippen LogP contribution in [0.1, 0.15) is 20.9 Å². The second kappa shape index (κ2) is 6.19. The molecule has 2 aromatic rings. The van der Waals surface area contributed by atoms with Gasteiger partial charge in [-0.1, -0.05) is 11.8 Å². The molecular weight excluding hydrogens is 319 g/mol. The van der Waals surface area contributed by atoms with Crippen molar-refractivity contribution < 1.29 is 19.2 Å². The number of hydrogen-bond acceptors (Lipinski definition) is 6. The number of thioether (sulfide) groups is 1. The lowest BCUT2D eigenvalue weighted by atomic mass is 10.2. The normalized spacial score (nSPS) is 10.6. The van der Waals surface area contributed by atoms with Crippen LogP contribution in [0.25, 0.3) is 0 Å². The Morgan fingerprint density at radius 1 is 1.52 bits per heavy atom. The summed E-state index contributed by atoms with van der Waals surface area (Å²) in [5, 5.41) is 19.6. The maximum atomic E-state index is 13.3. The van der Waals surface area contributed by atoms with Gasteiger partial charge in [0, 0.05) is 11.8 Å². The van der Waals surface area contributed by atoms with Crippen LogP contribution in [0.5, 0.6) is 0 Å². The minimum atomic E-state index is -1.04. The van der Waals surface area contributed by atoms with E-state index in [0.717, 1.165) is 17.4 Å². The Hall–Kier alpha value is -2.00. The number of non-ortho nitro benzene ring substituents is 1. The number of benzene rings is 1. The number of halogens is 1. The number of nitro groups is 1. The van der Waals surface area contributed by atoms with Crippen LogP contribution >= 0.6 is 23.1 Å². The molecule has 0 bridgehead atoms. The molecule has 0 radical (unpaired) electrons. The van der Waals surface area contributed by atoms with Gasteiger partial charge in [0.05, 0.1) is 16.7 Å². The van der Waals surface area contributed by atoms with Crippen LogP contribution < -0.4 is 0 Å². The molecule has 0 spiro atoms. The molecule has 0 aliphatic heterocycles. The van der Waals surface area contributed by atoms with Crippen molar-refractivity contribution in [3.63, 3.8) is 0 Å². The van der Waals surface area contributed by atoms with Gasteiger partial charge in [0.1, 0.15) is 10.7 Å². The standard InChI is InChI=1S/C12H9FN2O4S2/c1-6-10(11(16)17)21-12(14-6)20-5-7-2-8(13)4-9(3-7)15(18)19/h2-4H,5H2,1H3,(H,16,17). The van der Waals surface area contributed by atoms with Crippen molar-refractivity contribution in [2.75, 3.05) is 0 Å². The summed E-state index contributed by atoms with van der Waals surface area (Å²) in [5.74, 6) is -1.45. The van der Waals surface area contributed by atoms with Crippen LogP contribution in [-0.2, 0) is 5.75 Å². The van der Waals surface area contributed by atoms with Crippen LogP contribution in [-0.4, -0.2) is 21.0 Å². The number of aromatic carboxylic acids is 1. The van der Waals surface area contributed by atoms with E-state index < -0.39 is 16.7 Å². The molecule has 0 fully saturated rings. The number of aromatic nitrogens is 1. The molecule has 1 aromatic carbocycles. The van der Waals surface area contributed by atoms with E-state index in [2.05, 4.69) is 4.98 Å². The van der Waals surface area contributed by atoms with E-state index in [1.165, 1.54) is 23.9 Å².